The summed E-state index contributed by atoms with van der Waals surface area (Å²) in [5.41, 5.74) is 1.22. The van der Waals surface area contributed by atoms with Gasteiger partial charge in [0.05, 0.1) is 0 Å². The number of hydrogen-bond acceptors (Lipinski definition) is 3. The van der Waals surface area contributed by atoms with E-state index < -0.39 is 0 Å². The van der Waals surface area contributed by atoms with Crippen LogP contribution in [0.3, 0.4) is 0 Å². The van der Waals surface area contributed by atoms with Gasteiger partial charge in [-0.3, -0.25) is 4.79 Å². The van der Waals surface area contributed by atoms with Crippen molar-refractivity contribution in [3.63, 3.8) is 0 Å². The van der Waals surface area contributed by atoms with Crippen LogP contribution in [-0.2, 0) is 11.3 Å². The number of hydrogen-bond donors (Lipinski definition) is 1. The van der Waals surface area contributed by atoms with Crippen molar-refractivity contribution < 1.29 is 9.90 Å². The second-order valence-corrected chi connectivity index (χ2v) is 6.90. The van der Waals surface area contributed by atoms with E-state index in [1.165, 1.54) is 10.4 Å². The summed E-state index contributed by atoms with van der Waals surface area (Å²) < 4.78 is 0. The normalized spacial score (nSPS) is 22.8. The van der Waals surface area contributed by atoms with E-state index in [0.29, 0.717) is 12.5 Å². The summed E-state index contributed by atoms with van der Waals surface area (Å²) in [6.07, 6.45) is 3.93. The minimum Gasteiger partial charge on any atom is -0.396 e. The molecule has 1 saturated carbocycles. The molecule has 0 radical (unpaired) electrons. The van der Waals surface area contributed by atoms with Crippen LogP contribution in [0.5, 0.6) is 0 Å². The molecule has 2 rings (SSSR count). The molecule has 1 N–H and O–H groups in total. The summed E-state index contributed by atoms with van der Waals surface area (Å²) in [6, 6.07) is 2.36. The molecule has 1 aromatic heterocycles. The zero-order chi connectivity index (χ0) is 14.5. The standard InChI is InChI=1S/C15H22ClNO2S/c1-11-13(6-7-20-11)9-17(15(19)8-16)14-4-2-12(10-18)3-5-14/h6-7,12,14,18H,2-5,8-10H2,1H3. The Morgan fingerprint density at radius 1 is 1.45 bits per heavy atom. The van der Waals surface area contributed by atoms with Crippen LogP contribution in [0, 0.1) is 12.8 Å². The number of aryl methyl sites for hydroxylation is 1. The average Bonchev–Trinajstić information content (AvgIpc) is 2.89. The fraction of sp³-hybridized carbons (Fsp3) is 0.667. The molecule has 0 atom stereocenters. The molecule has 0 bridgehead atoms. The van der Waals surface area contributed by atoms with E-state index in [1.54, 1.807) is 11.3 Å². The van der Waals surface area contributed by atoms with Crippen LogP contribution in [0.2, 0.25) is 0 Å². The number of thiophene rings is 1. The lowest BCUT2D eigenvalue weighted by Gasteiger charge is -2.36. The van der Waals surface area contributed by atoms with E-state index in [0.717, 1.165) is 25.7 Å². The minimum atomic E-state index is 0.0183. The molecule has 1 aliphatic rings. The summed E-state index contributed by atoms with van der Waals surface area (Å²) >= 11 is 7.49. The Bertz CT molecular complexity index is 441. The molecule has 0 aromatic carbocycles. The van der Waals surface area contributed by atoms with Gasteiger partial charge < -0.3 is 10.0 Å². The second-order valence-electron chi connectivity index (χ2n) is 5.51. The predicted molar refractivity (Wildman–Crippen MR) is 83.2 cm³/mol. The molecule has 1 aromatic rings. The molecule has 1 amide bonds. The maximum absolute atomic E-state index is 12.1. The number of rotatable bonds is 5. The van der Waals surface area contributed by atoms with Gasteiger partial charge in [-0.25, -0.2) is 0 Å². The zero-order valence-electron chi connectivity index (χ0n) is 11.8. The fourth-order valence-electron chi connectivity index (χ4n) is 2.90. The highest BCUT2D eigenvalue weighted by Gasteiger charge is 2.28. The molecular formula is C15H22ClNO2S. The highest BCUT2D eigenvalue weighted by Crippen LogP contribution is 2.29. The van der Waals surface area contributed by atoms with Gasteiger partial charge in [-0.1, -0.05) is 0 Å². The van der Waals surface area contributed by atoms with Gasteiger partial charge in [-0.15, -0.1) is 22.9 Å². The molecule has 3 nitrogen and oxygen atoms in total. The number of amides is 1. The third-order valence-electron chi connectivity index (χ3n) is 4.26. The first kappa shape index (κ1) is 15.8. The average molecular weight is 316 g/mol. The number of alkyl halides is 1. The molecule has 1 heterocycles. The van der Waals surface area contributed by atoms with Crippen molar-refractivity contribution in [3.05, 3.63) is 21.9 Å². The van der Waals surface area contributed by atoms with Crippen molar-refractivity contribution in [1.29, 1.82) is 0 Å². The van der Waals surface area contributed by atoms with Gasteiger partial charge in [0.25, 0.3) is 0 Å². The second kappa shape index (κ2) is 7.43. The van der Waals surface area contributed by atoms with Crippen LogP contribution < -0.4 is 0 Å². The number of aliphatic hydroxyl groups is 1. The number of halogens is 1. The Morgan fingerprint density at radius 3 is 2.65 bits per heavy atom. The summed E-state index contributed by atoms with van der Waals surface area (Å²) in [5.74, 6) is 0.468. The van der Waals surface area contributed by atoms with Crippen LogP contribution in [0.4, 0.5) is 0 Å². The highest BCUT2D eigenvalue weighted by molar-refractivity contribution is 7.10. The maximum Gasteiger partial charge on any atom is 0.238 e. The quantitative estimate of drug-likeness (QED) is 0.848. The maximum atomic E-state index is 12.1. The first-order valence-electron chi connectivity index (χ1n) is 7.15. The number of nitrogens with zero attached hydrogens (tertiary/aromatic N) is 1. The lowest BCUT2D eigenvalue weighted by atomic mass is 9.85. The van der Waals surface area contributed by atoms with E-state index >= 15 is 0 Å². The van der Waals surface area contributed by atoms with Crippen LogP contribution in [0.25, 0.3) is 0 Å². The zero-order valence-corrected chi connectivity index (χ0v) is 13.4. The van der Waals surface area contributed by atoms with Crippen molar-refractivity contribution in [1.82, 2.24) is 4.90 Å². The molecule has 1 fully saturated rings. The SMILES string of the molecule is Cc1sccc1CN(C(=O)CCl)C1CCC(CO)CC1. The van der Waals surface area contributed by atoms with Gasteiger partial charge in [0.15, 0.2) is 0 Å². The van der Waals surface area contributed by atoms with E-state index in [4.69, 9.17) is 11.6 Å². The van der Waals surface area contributed by atoms with E-state index in [2.05, 4.69) is 18.4 Å². The van der Waals surface area contributed by atoms with Gasteiger partial charge >= 0.3 is 0 Å². The monoisotopic (exact) mass is 315 g/mol. The van der Waals surface area contributed by atoms with Crippen molar-refractivity contribution >= 4 is 28.8 Å². The molecule has 20 heavy (non-hydrogen) atoms. The number of carbonyl (C=O) groups is 1. The third kappa shape index (κ3) is 3.74. The molecular weight excluding hydrogens is 294 g/mol. The van der Waals surface area contributed by atoms with Crippen molar-refractivity contribution in [2.24, 2.45) is 5.92 Å². The van der Waals surface area contributed by atoms with Crippen LogP contribution in [0.1, 0.15) is 36.1 Å². The molecule has 5 heteroatoms. The van der Waals surface area contributed by atoms with E-state index in [9.17, 15) is 9.90 Å². The summed E-state index contributed by atoms with van der Waals surface area (Å²) in [6.45, 7) is 3.02. The largest absolute Gasteiger partial charge is 0.396 e. The summed E-state index contributed by atoms with van der Waals surface area (Å²) in [7, 11) is 0. The Morgan fingerprint density at radius 2 is 2.15 bits per heavy atom. The van der Waals surface area contributed by atoms with Gasteiger partial charge in [0.2, 0.25) is 5.91 Å². The summed E-state index contributed by atoms with van der Waals surface area (Å²) in [5, 5.41) is 11.3. The van der Waals surface area contributed by atoms with Gasteiger partial charge in [-0.05, 0) is 55.5 Å². The Kier molecular flexibility index (Phi) is 5.87. The smallest absolute Gasteiger partial charge is 0.238 e. The molecule has 1 aliphatic carbocycles. The van der Waals surface area contributed by atoms with Gasteiger partial charge in [0.1, 0.15) is 5.88 Å². The van der Waals surface area contributed by atoms with E-state index in [-0.39, 0.29) is 24.4 Å². The molecule has 0 aliphatic heterocycles. The Balaban J connectivity index is 2.05. The predicted octanol–water partition coefficient (Wildman–Crippen LogP) is 3.18. The number of aliphatic hydroxyl groups excluding tert-OH is 1. The summed E-state index contributed by atoms with van der Waals surface area (Å²) in [4.78, 5) is 15.4. The van der Waals surface area contributed by atoms with Crippen LogP contribution in [0.15, 0.2) is 11.4 Å². The third-order valence-corrected chi connectivity index (χ3v) is 5.37. The van der Waals surface area contributed by atoms with Crippen LogP contribution in [-0.4, -0.2) is 34.4 Å². The van der Waals surface area contributed by atoms with Crippen LogP contribution >= 0.6 is 22.9 Å². The molecule has 0 spiro atoms. The number of carbonyl (C=O) groups excluding carboxylic acids is 1. The van der Waals surface area contributed by atoms with Crippen molar-refractivity contribution in [2.45, 2.75) is 45.2 Å². The van der Waals surface area contributed by atoms with E-state index in [1.807, 2.05) is 4.90 Å². The van der Waals surface area contributed by atoms with Crippen molar-refractivity contribution in [2.75, 3.05) is 12.5 Å². The lowest BCUT2D eigenvalue weighted by Crippen LogP contribution is -2.42. The molecule has 0 saturated heterocycles. The lowest BCUT2D eigenvalue weighted by molar-refractivity contribution is -0.132. The Labute approximate surface area is 129 Å². The molecule has 0 unspecified atom stereocenters. The van der Waals surface area contributed by atoms with Gasteiger partial charge in [0, 0.05) is 24.1 Å². The van der Waals surface area contributed by atoms with Crippen molar-refractivity contribution in [3.8, 4) is 0 Å². The Hall–Kier alpha value is -0.580. The highest BCUT2D eigenvalue weighted by atomic mass is 35.5. The fourth-order valence-corrected chi connectivity index (χ4v) is 3.77. The van der Waals surface area contributed by atoms with Gasteiger partial charge in [-0.2, -0.15) is 0 Å². The minimum absolute atomic E-state index is 0.0183. The molecule has 112 valence electrons. The first-order valence-corrected chi connectivity index (χ1v) is 8.56. The first-order chi connectivity index (χ1) is 9.65. The topological polar surface area (TPSA) is 40.5 Å².